The van der Waals surface area contributed by atoms with Gasteiger partial charge >= 0.3 is 0 Å². The molecule has 0 spiro atoms. The third-order valence-corrected chi connectivity index (χ3v) is 4.53. The molecule has 6 heteroatoms. The van der Waals surface area contributed by atoms with E-state index in [1.165, 1.54) is 0 Å². The number of carbonyl (C=O) groups excluding carboxylic acids is 1. The second-order valence-corrected chi connectivity index (χ2v) is 6.40. The lowest BCUT2D eigenvalue weighted by atomic mass is 10.1. The molecule has 1 saturated heterocycles. The standard InChI is InChI=1S/C18H18Cl2N2O2/c19-15-2-1-3-16(20)18(15)21-17(23)12-13-4-6-14(7-5-13)22-8-10-24-11-9-22/h1-7H,8-12H2,(H,21,23). The molecule has 1 aliphatic heterocycles. The summed E-state index contributed by atoms with van der Waals surface area (Å²) in [5.41, 5.74) is 2.54. The molecule has 126 valence electrons. The number of ether oxygens (including phenoxy) is 1. The zero-order valence-electron chi connectivity index (χ0n) is 13.1. The van der Waals surface area contributed by atoms with Crippen LogP contribution >= 0.6 is 23.2 Å². The van der Waals surface area contributed by atoms with E-state index >= 15 is 0 Å². The molecule has 1 heterocycles. The van der Waals surface area contributed by atoms with Gasteiger partial charge in [0, 0.05) is 18.8 Å². The molecular weight excluding hydrogens is 347 g/mol. The third-order valence-electron chi connectivity index (χ3n) is 3.90. The van der Waals surface area contributed by atoms with E-state index in [1.54, 1.807) is 18.2 Å². The second kappa shape index (κ2) is 7.88. The van der Waals surface area contributed by atoms with Crippen molar-refractivity contribution in [3.63, 3.8) is 0 Å². The van der Waals surface area contributed by atoms with Crippen molar-refractivity contribution in [1.82, 2.24) is 0 Å². The number of carbonyl (C=O) groups is 1. The van der Waals surface area contributed by atoms with Gasteiger partial charge in [-0.25, -0.2) is 0 Å². The van der Waals surface area contributed by atoms with E-state index in [0.717, 1.165) is 37.6 Å². The van der Waals surface area contributed by atoms with Crippen LogP contribution in [0.2, 0.25) is 10.0 Å². The number of hydrogen-bond donors (Lipinski definition) is 1. The molecule has 1 amide bonds. The Morgan fingerprint density at radius 3 is 2.29 bits per heavy atom. The normalized spacial score (nSPS) is 14.5. The van der Waals surface area contributed by atoms with E-state index in [2.05, 4.69) is 10.2 Å². The maximum atomic E-state index is 12.2. The number of nitrogens with one attached hydrogen (secondary N) is 1. The van der Waals surface area contributed by atoms with Gasteiger partial charge in [-0.3, -0.25) is 4.79 Å². The number of morpholine rings is 1. The maximum Gasteiger partial charge on any atom is 0.228 e. The maximum absolute atomic E-state index is 12.2. The van der Waals surface area contributed by atoms with Crippen molar-refractivity contribution in [3.05, 3.63) is 58.1 Å². The first kappa shape index (κ1) is 17.1. The molecule has 24 heavy (non-hydrogen) atoms. The van der Waals surface area contributed by atoms with E-state index in [4.69, 9.17) is 27.9 Å². The molecule has 2 aromatic rings. The van der Waals surface area contributed by atoms with Crippen LogP contribution in [0.5, 0.6) is 0 Å². The highest BCUT2D eigenvalue weighted by molar-refractivity contribution is 6.39. The largest absolute Gasteiger partial charge is 0.378 e. The molecule has 0 atom stereocenters. The number of rotatable bonds is 4. The number of hydrogen-bond acceptors (Lipinski definition) is 3. The number of para-hydroxylation sites is 1. The predicted molar refractivity (Wildman–Crippen MR) is 98.3 cm³/mol. The highest BCUT2D eigenvalue weighted by Gasteiger charge is 2.12. The van der Waals surface area contributed by atoms with Crippen molar-refractivity contribution in [2.45, 2.75) is 6.42 Å². The van der Waals surface area contributed by atoms with Crippen molar-refractivity contribution in [3.8, 4) is 0 Å². The van der Waals surface area contributed by atoms with E-state index in [9.17, 15) is 4.79 Å². The van der Waals surface area contributed by atoms with E-state index in [-0.39, 0.29) is 12.3 Å². The fraction of sp³-hybridized carbons (Fsp3) is 0.278. The quantitative estimate of drug-likeness (QED) is 0.890. The predicted octanol–water partition coefficient (Wildman–Crippen LogP) is 4.01. The molecule has 0 aliphatic carbocycles. The molecule has 1 N–H and O–H groups in total. The molecule has 0 bridgehead atoms. The summed E-state index contributed by atoms with van der Waals surface area (Å²) in [5.74, 6) is -0.149. The van der Waals surface area contributed by atoms with Crippen LogP contribution in [0.1, 0.15) is 5.56 Å². The molecule has 2 aromatic carbocycles. The van der Waals surface area contributed by atoms with Crippen LogP contribution < -0.4 is 10.2 Å². The van der Waals surface area contributed by atoms with E-state index < -0.39 is 0 Å². The van der Waals surface area contributed by atoms with Crippen LogP contribution in [-0.4, -0.2) is 32.2 Å². The van der Waals surface area contributed by atoms with Crippen molar-refractivity contribution < 1.29 is 9.53 Å². The average molecular weight is 365 g/mol. The first-order valence-corrected chi connectivity index (χ1v) is 8.54. The minimum Gasteiger partial charge on any atom is -0.378 e. The summed E-state index contributed by atoms with van der Waals surface area (Å²) >= 11 is 12.1. The molecule has 0 saturated carbocycles. The first-order valence-electron chi connectivity index (χ1n) is 7.79. The zero-order chi connectivity index (χ0) is 16.9. The topological polar surface area (TPSA) is 41.6 Å². The number of benzene rings is 2. The van der Waals surface area contributed by atoms with Crippen LogP contribution in [0, 0.1) is 0 Å². The van der Waals surface area contributed by atoms with Gasteiger partial charge in [0.1, 0.15) is 0 Å². The van der Waals surface area contributed by atoms with Crippen molar-refractivity contribution in [2.24, 2.45) is 0 Å². The second-order valence-electron chi connectivity index (χ2n) is 5.59. The lowest BCUT2D eigenvalue weighted by Gasteiger charge is -2.28. The molecule has 1 aliphatic rings. The van der Waals surface area contributed by atoms with Crippen LogP contribution in [0.4, 0.5) is 11.4 Å². The molecule has 0 aromatic heterocycles. The zero-order valence-corrected chi connectivity index (χ0v) is 14.6. The minimum absolute atomic E-state index is 0.149. The number of nitrogens with zero attached hydrogens (tertiary/aromatic N) is 1. The highest BCUT2D eigenvalue weighted by Crippen LogP contribution is 2.29. The van der Waals surface area contributed by atoms with Gasteiger partial charge in [-0.15, -0.1) is 0 Å². The monoisotopic (exact) mass is 364 g/mol. The van der Waals surface area contributed by atoms with Crippen molar-refractivity contribution >= 4 is 40.5 Å². The minimum atomic E-state index is -0.149. The van der Waals surface area contributed by atoms with Gasteiger partial charge in [0.15, 0.2) is 0 Å². The Bertz CT molecular complexity index is 693. The Morgan fingerprint density at radius 2 is 1.67 bits per heavy atom. The molecule has 0 unspecified atom stereocenters. The lowest BCUT2D eigenvalue weighted by molar-refractivity contribution is -0.115. The summed E-state index contributed by atoms with van der Waals surface area (Å²) in [6.07, 6.45) is 0.269. The van der Waals surface area contributed by atoms with Crippen LogP contribution in [0.3, 0.4) is 0 Å². The van der Waals surface area contributed by atoms with Crippen LogP contribution in [0.15, 0.2) is 42.5 Å². The number of halogens is 2. The van der Waals surface area contributed by atoms with Gasteiger partial charge in [-0.1, -0.05) is 41.4 Å². The Balaban J connectivity index is 1.62. The summed E-state index contributed by atoms with van der Waals surface area (Å²) in [6, 6.07) is 13.1. The molecule has 4 nitrogen and oxygen atoms in total. The Morgan fingerprint density at radius 1 is 1.04 bits per heavy atom. The Kier molecular flexibility index (Phi) is 5.61. The average Bonchev–Trinajstić information content (AvgIpc) is 2.60. The highest BCUT2D eigenvalue weighted by atomic mass is 35.5. The van der Waals surface area contributed by atoms with Crippen molar-refractivity contribution in [1.29, 1.82) is 0 Å². The summed E-state index contributed by atoms with van der Waals surface area (Å²) in [7, 11) is 0. The molecule has 3 rings (SSSR count). The van der Waals surface area contributed by atoms with Gasteiger partial charge < -0.3 is 15.0 Å². The van der Waals surface area contributed by atoms with Crippen LogP contribution in [0.25, 0.3) is 0 Å². The summed E-state index contributed by atoms with van der Waals surface area (Å²) in [6.45, 7) is 3.29. The smallest absolute Gasteiger partial charge is 0.228 e. The molecular formula is C18H18Cl2N2O2. The van der Waals surface area contributed by atoms with E-state index in [0.29, 0.717) is 15.7 Å². The van der Waals surface area contributed by atoms with Gasteiger partial charge in [0.25, 0.3) is 0 Å². The van der Waals surface area contributed by atoms with E-state index in [1.807, 2.05) is 24.3 Å². The Labute approximate surface area is 151 Å². The van der Waals surface area contributed by atoms with Gasteiger partial charge in [0.2, 0.25) is 5.91 Å². The van der Waals surface area contributed by atoms with Gasteiger partial charge in [-0.2, -0.15) is 0 Å². The van der Waals surface area contributed by atoms with Crippen LogP contribution in [-0.2, 0) is 16.0 Å². The first-order chi connectivity index (χ1) is 11.6. The molecule has 1 fully saturated rings. The summed E-state index contributed by atoms with van der Waals surface area (Å²) < 4.78 is 5.36. The summed E-state index contributed by atoms with van der Waals surface area (Å²) in [4.78, 5) is 14.5. The SMILES string of the molecule is O=C(Cc1ccc(N2CCOCC2)cc1)Nc1c(Cl)cccc1Cl. The van der Waals surface area contributed by atoms with Gasteiger partial charge in [-0.05, 0) is 29.8 Å². The number of anilines is 2. The lowest BCUT2D eigenvalue weighted by Crippen LogP contribution is -2.36. The van der Waals surface area contributed by atoms with Crippen molar-refractivity contribution in [2.75, 3.05) is 36.5 Å². The summed E-state index contributed by atoms with van der Waals surface area (Å²) in [5, 5.41) is 3.63. The Hall–Kier alpha value is -1.75. The number of amides is 1. The fourth-order valence-electron chi connectivity index (χ4n) is 2.63. The van der Waals surface area contributed by atoms with Gasteiger partial charge in [0.05, 0.1) is 35.4 Å². The fourth-order valence-corrected chi connectivity index (χ4v) is 3.12. The molecule has 0 radical (unpaired) electrons. The third kappa shape index (κ3) is 4.20.